The summed E-state index contributed by atoms with van der Waals surface area (Å²) in [5, 5.41) is 0.586. The van der Waals surface area contributed by atoms with E-state index >= 15 is 0 Å². The van der Waals surface area contributed by atoms with Crippen LogP contribution in [0.5, 0.6) is 0 Å². The molecule has 0 bridgehead atoms. The monoisotopic (exact) mass is 210 g/mol. The number of allylic oxidation sites excluding steroid dienone is 1. The van der Waals surface area contributed by atoms with E-state index < -0.39 is 0 Å². The zero-order chi connectivity index (χ0) is 10.4. The third kappa shape index (κ3) is 2.85. The predicted octanol–water partition coefficient (Wildman–Crippen LogP) is 1.09. The maximum Gasteiger partial charge on any atom is 0.258 e. The Balaban J connectivity index is 2.89. The molecule has 4 nitrogen and oxygen atoms in total. The second-order valence-corrected chi connectivity index (χ2v) is 3.28. The van der Waals surface area contributed by atoms with Crippen molar-refractivity contribution in [1.29, 1.82) is 0 Å². The van der Waals surface area contributed by atoms with Gasteiger partial charge in [-0.25, -0.2) is 4.98 Å². The number of aldehydes is 1. The molecule has 0 aliphatic heterocycles. The largest absolute Gasteiger partial charge is 0.303 e. The van der Waals surface area contributed by atoms with Crippen LogP contribution in [0.15, 0.2) is 22.2 Å². The summed E-state index contributed by atoms with van der Waals surface area (Å²) in [5.74, 6) is 0. The molecule has 14 heavy (non-hydrogen) atoms. The lowest BCUT2D eigenvalue weighted by Crippen LogP contribution is -2.10. The summed E-state index contributed by atoms with van der Waals surface area (Å²) in [6, 6.07) is 0. The van der Waals surface area contributed by atoms with Crippen LogP contribution in [0.3, 0.4) is 0 Å². The van der Waals surface area contributed by atoms with E-state index in [0.29, 0.717) is 17.1 Å². The van der Waals surface area contributed by atoms with Crippen molar-refractivity contribution in [3.8, 4) is 0 Å². The van der Waals surface area contributed by atoms with Crippen molar-refractivity contribution in [3.63, 3.8) is 0 Å². The molecule has 74 valence electrons. The van der Waals surface area contributed by atoms with Crippen LogP contribution in [0, 0.1) is 0 Å². The number of hydrogen-bond donors (Lipinski definition) is 1. The van der Waals surface area contributed by atoms with Crippen molar-refractivity contribution < 1.29 is 4.79 Å². The molecule has 0 unspecified atom stereocenters. The number of carbonyl (C=O) groups is 1. The molecule has 0 atom stereocenters. The number of H-pyrrole nitrogens is 1. The van der Waals surface area contributed by atoms with E-state index in [9.17, 15) is 9.59 Å². The number of rotatable bonds is 4. The standard InChI is InChI=1S/C9H10N2O2S/c1-14-9-10-6-7(8(13)11-9)4-2-3-5-12/h2,4-6H,3H2,1H3,(H,10,11,13). The summed E-state index contributed by atoms with van der Waals surface area (Å²) in [7, 11) is 0. The van der Waals surface area contributed by atoms with Crippen molar-refractivity contribution >= 4 is 24.1 Å². The molecule has 0 radical (unpaired) electrons. The molecule has 1 heterocycles. The Hall–Kier alpha value is -1.36. The van der Waals surface area contributed by atoms with Crippen LogP contribution < -0.4 is 5.56 Å². The van der Waals surface area contributed by atoms with E-state index in [-0.39, 0.29) is 5.56 Å². The average molecular weight is 210 g/mol. The van der Waals surface area contributed by atoms with Crippen molar-refractivity contribution in [2.24, 2.45) is 0 Å². The van der Waals surface area contributed by atoms with E-state index in [4.69, 9.17) is 0 Å². The van der Waals surface area contributed by atoms with E-state index in [1.54, 1.807) is 12.2 Å². The first-order chi connectivity index (χ1) is 6.77. The van der Waals surface area contributed by atoms with Gasteiger partial charge in [-0.2, -0.15) is 0 Å². The maximum absolute atomic E-state index is 11.3. The van der Waals surface area contributed by atoms with Crippen LogP contribution in [0.1, 0.15) is 12.0 Å². The zero-order valence-corrected chi connectivity index (χ0v) is 8.50. The van der Waals surface area contributed by atoms with E-state index in [1.165, 1.54) is 18.0 Å². The Labute approximate surface area is 85.5 Å². The lowest BCUT2D eigenvalue weighted by molar-refractivity contribution is -0.107. The smallest absolute Gasteiger partial charge is 0.258 e. The summed E-state index contributed by atoms with van der Waals surface area (Å²) in [6.07, 6.45) is 7.62. The molecule has 0 saturated heterocycles. The van der Waals surface area contributed by atoms with Crippen LogP contribution in [0.25, 0.3) is 6.08 Å². The Kier molecular flexibility index (Phi) is 4.12. The molecule has 1 N–H and O–H groups in total. The van der Waals surface area contributed by atoms with Gasteiger partial charge in [0.2, 0.25) is 0 Å². The molecule has 0 saturated carbocycles. The van der Waals surface area contributed by atoms with Gasteiger partial charge >= 0.3 is 0 Å². The molecule has 0 amide bonds. The van der Waals surface area contributed by atoms with Gasteiger partial charge in [0.15, 0.2) is 5.16 Å². The number of carbonyl (C=O) groups excluding carboxylic acids is 1. The minimum atomic E-state index is -0.188. The molecule has 0 aliphatic carbocycles. The molecule has 1 rings (SSSR count). The van der Waals surface area contributed by atoms with E-state index in [2.05, 4.69) is 9.97 Å². The fraction of sp³-hybridized carbons (Fsp3) is 0.222. The fourth-order valence-electron chi connectivity index (χ4n) is 0.861. The fourth-order valence-corrected chi connectivity index (χ4v) is 1.21. The third-order valence-corrected chi connectivity index (χ3v) is 2.12. The number of thioether (sulfide) groups is 1. The highest BCUT2D eigenvalue weighted by Crippen LogP contribution is 2.04. The highest BCUT2D eigenvalue weighted by molar-refractivity contribution is 7.98. The van der Waals surface area contributed by atoms with Crippen LogP contribution in [-0.2, 0) is 4.79 Å². The van der Waals surface area contributed by atoms with E-state index in [0.717, 1.165) is 6.29 Å². The van der Waals surface area contributed by atoms with Gasteiger partial charge in [-0.05, 0) is 6.26 Å². The van der Waals surface area contributed by atoms with Crippen LogP contribution in [-0.4, -0.2) is 22.5 Å². The summed E-state index contributed by atoms with van der Waals surface area (Å²) >= 11 is 1.37. The highest BCUT2D eigenvalue weighted by Gasteiger charge is 1.97. The summed E-state index contributed by atoms with van der Waals surface area (Å²) in [6.45, 7) is 0. The SMILES string of the molecule is CSc1ncc(C=CCC=O)c(=O)[nH]1. The Morgan fingerprint density at radius 2 is 2.43 bits per heavy atom. The second-order valence-electron chi connectivity index (χ2n) is 2.48. The van der Waals surface area contributed by atoms with Gasteiger partial charge in [0.1, 0.15) is 6.29 Å². The van der Waals surface area contributed by atoms with Crippen molar-refractivity contribution in [2.75, 3.05) is 6.26 Å². The molecule has 1 aromatic rings. The van der Waals surface area contributed by atoms with Crippen molar-refractivity contribution in [2.45, 2.75) is 11.6 Å². The quantitative estimate of drug-likeness (QED) is 0.459. The normalized spacial score (nSPS) is 10.6. The van der Waals surface area contributed by atoms with Gasteiger partial charge < -0.3 is 9.78 Å². The van der Waals surface area contributed by atoms with Gasteiger partial charge in [-0.1, -0.05) is 23.9 Å². The first-order valence-corrected chi connectivity index (χ1v) is 5.24. The lowest BCUT2D eigenvalue weighted by atomic mass is 10.3. The second kappa shape index (κ2) is 5.39. The molecular formula is C9H10N2O2S. The lowest BCUT2D eigenvalue weighted by Gasteiger charge is -1.95. The molecular weight excluding hydrogens is 200 g/mol. The molecule has 5 heteroatoms. The minimum absolute atomic E-state index is 0.188. The highest BCUT2D eigenvalue weighted by atomic mass is 32.2. The van der Waals surface area contributed by atoms with Gasteiger partial charge in [0.05, 0.1) is 5.56 Å². The third-order valence-electron chi connectivity index (χ3n) is 1.53. The Bertz CT molecular complexity index is 398. The summed E-state index contributed by atoms with van der Waals surface area (Å²) in [4.78, 5) is 28.0. The number of hydrogen-bond acceptors (Lipinski definition) is 4. The number of aromatic nitrogens is 2. The van der Waals surface area contributed by atoms with Gasteiger partial charge in [-0.15, -0.1) is 0 Å². The predicted molar refractivity (Wildman–Crippen MR) is 56.4 cm³/mol. The topological polar surface area (TPSA) is 62.8 Å². The van der Waals surface area contributed by atoms with Gasteiger partial charge in [0.25, 0.3) is 5.56 Å². The number of nitrogens with one attached hydrogen (secondary N) is 1. The molecule has 0 fully saturated rings. The van der Waals surface area contributed by atoms with Gasteiger partial charge in [0, 0.05) is 12.6 Å². The number of nitrogens with zero attached hydrogens (tertiary/aromatic N) is 1. The summed E-state index contributed by atoms with van der Waals surface area (Å²) in [5.41, 5.74) is 0.274. The van der Waals surface area contributed by atoms with Crippen LogP contribution in [0.4, 0.5) is 0 Å². The molecule has 0 spiro atoms. The number of aromatic amines is 1. The average Bonchev–Trinajstić information content (AvgIpc) is 2.20. The molecule has 0 aromatic carbocycles. The van der Waals surface area contributed by atoms with Crippen molar-refractivity contribution in [1.82, 2.24) is 9.97 Å². The van der Waals surface area contributed by atoms with Crippen molar-refractivity contribution in [3.05, 3.63) is 28.2 Å². The first-order valence-electron chi connectivity index (χ1n) is 4.01. The van der Waals surface area contributed by atoms with Crippen LogP contribution in [0.2, 0.25) is 0 Å². The first kappa shape index (κ1) is 10.7. The maximum atomic E-state index is 11.3. The Morgan fingerprint density at radius 3 is 3.00 bits per heavy atom. The van der Waals surface area contributed by atoms with Gasteiger partial charge in [-0.3, -0.25) is 4.79 Å². The van der Waals surface area contributed by atoms with E-state index in [1.807, 2.05) is 6.26 Å². The Morgan fingerprint density at radius 1 is 1.64 bits per heavy atom. The van der Waals surface area contributed by atoms with Crippen LogP contribution >= 0.6 is 11.8 Å². The molecule has 1 aromatic heterocycles. The summed E-state index contributed by atoms with van der Waals surface area (Å²) < 4.78 is 0. The minimum Gasteiger partial charge on any atom is -0.303 e. The zero-order valence-electron chi connectivity index (χ0n) is 7.69. The molecule has 0 aliphatic rings.